The number of amides is 3. The second kappa shape index (κ2) is 9.08. The maximum absolute atomic E-state index is 12.3. The highest BCUT2D eigenvalue weighted by atomic mass is 35.5. The Balaban J connectivity index is 1.32. The molecule has 1 N–H and O–H groups in total. The molecule has 0 spiro atoms. The third-order valence-electron chi connectivity index (χ3n) is 4.64. The minimum Gasteiger partial charge on any atom is -0.494 e. The summed E-state index contributed by atoms with van der Waals surface area (Å²) in [5.74, 6) is -0.255. The molecule has 1 saturated carbocycles. The number of nitrogens with one attached hydrogen (secondary N) is 1. The Hall–Kier alpha value is -2.28. The first-order valence-electron chi connectivity index (χ1n) is 9.29. The molecule has 1 aliphatic heterocycles. The van der Waals surface area contributed by atoms with Crippen LogP contribution in [0.3, 0.4) is 0 Å². The van der Waals surface area contributed by atoms with Crippen molar-refractivity contribution in [3.63, 3.8) is 0 Å². The molecule has 2 fully saturated rings. The Bertz CT molecular complexity index is 683. The number of halogens is 1. The second-order valence-corrected chi connectivity index (χ2v) is 7.26. The van der Waals surface area contributed by atoms with Crippen LogP contribution in [0.2, 0.25) is 5.02 Å². The molecule has 3 rings (SSSR count). The van der Waals surface area contributed by atoms with Gasteiger partial charge in [0.1, 0.15) is 5.75 Å². The topological polar surface area (TPSA) is 79.0 Å². The van der Waals surface area contributed by atoms with Gasteiger partial charge in [0.25, 0.3) is 0 Å². The molecule has 146 valence electrons. The number of nitrogens with zero attached hydrogens (tertiary/aromatic N) is 2. The van der Waals surface area contributed by atoms with E-state index in [4.69, 9.17) is 16.3 Å². The number of piperazine rings is 1. The van der Waals surface area contributed by atoms with Crippen LogP contribution in [0.25, 0.3) is 0 Å². The minimum atomic E-state index is -0.531. The lowest BCUT2D eigenvalue weighted by Gasteiger charge is -2.34. The predicted molar refractivity (Wildman–Crippen MR) is 101 cm³/mol. The molecule has 0 radical (unpaired) electrons. The van der Waals surface area contributed by atoms with E-state index in [0.717, 1.165) is 18.6 Å². The van der Waals surface area contributed by atoms with Crippen molar-refractivity contribution in [2.24, 2.45) is 0 Å². The molecule has 2 aliphatic rings. The van der Waals surface area contributed by atoms with Gasteiger partial charge in [0.15, 0.2) is 0 Å². The number of carbonyl (C=O) groups excluding carboxylic acids is 3. The molecular weight excluding hydrogens is 370 g/mol. The van der Waals surface area contributed by atoms with Gasteiger partial charge in [-0.05, 0) is 43.5 Å². The van der Waals surface area contributed by atoms with Gasteiger partial charge >= 0.3 is 11.8 Å². The van der Waals surface area contributed by atoms with Gasteiger partial charge in [-0.15, -0.1) is 0 Å². The van der Waals surface area contributed by atoms with Crippen molar-refractivity contribution in [2.45, 2.75) is 31.7 Å². The molecule has 0 unspecified atom stereocenters. The van der Waals surface area contributed by atoms with Gasteiger partial charge in [-0.1, -0.05) is 11.6 Å². The fourth-order valence-corrected chi connectivity index (χ4v) is 3.01. The van der Waals surface area contributed by atoms with Gasteiger partial charge in [-0.25, -0.2) is 0 Å². The normalized spacial score (nSPS) is 16.8. The summed E-state index contributed by atoms with van der Waals surface area (Å²) >= 11 is 5.82. The van der Waals surface area contributed by atoms with Gasteiger partial charge in [-0.3, -0.25) is 14.4 Å². The van der Waals surface area contributed by atoms with E-state index in [2.05, 4.69) is 5.32 Å². The van der Waals surface area contributed by atoms with Crippen molar-refractivity contribution < 1.29 is 19.1 Å². The summed E-state index contributed by atoms with van der Waals surface area (Å²) < 4.78 is 5.58. The number of hydrogen-bond acceptors (Lipinski definition) is 4. The molecule has 7 nitrogen and oxygen atoms in total. The highest BCUT2D eigenvalue weighted by Crippen LogP contribution is 2.18. The first-order valence-corrected chi connectivity index (χ1v) is 9.66. The monoisotopic (exact) mass is 393 g/mol. The standard InChI is InChI=1S/C19H24ClN3O4/c20-14-3-7-16(8-4-14)27-13-1-2-17(24)22-9-11-23(12-10-22)19(26)18(25)21-15-5-6-15/h3-4,7-8,15H,1-2,5-6,9-13H2,(H,21,25). The Morgan fingerprint density at radius 3 is 2.30 bits per heavy atom. The molecule has 0 atom stereocenters. The lowest BCUT2D eigenvalue weighted by molar-refractivity contribution is -0.148. The van der Waals surface area contributed by atoms with Crippen molar-refractivity contribution in [3.8, 4) is 5.75 Å². The molecule has 8 heteroatoms. The third kappa shape index (κ3) is 5.85. The fourth-order valence-electron chi connectivity index (χ4n) is 2.88. The summed E-state index contributed by atoms with van der Waals surface area (Å²) in [6, 6.07) is 7.26. The van der Waals surface area contributed by atoms with Crippen LogP contribution in [0.4, 0.5) is 0 Å². The van der Waals surface area contributed by atoms with E-state index in [9.17, 15) is 14.4 Å². The predicted octanol–water partition coefficient (Wildman–Crippen LogP) is 1.45. The summed E-state index contributed by atoms with van der Waals surface area (Å²) in [6.45, 7) is 2.15. The molecule has 0 aromatic heterocycles. The lowest BCUT2D eigenvalue weighted by atomic mass is 10.2. The zero-order chi connectivity index (χ0) is 19.2. The van der Waals surface area contributed by atoms with E-state index in [1.54, 1.807) is 29.2 Å². The largest absolute Gasteiger partial charge is 0.494 e. The van der Waals surface area contributed by atoms with Crippen LogP contribution < -0.4 is 10.1 Å². The van der Waals surface area contributed by atoms with Gasteiger partial charge in [-0.2, -0.15) is 0 Å². The van der Waals surface area contributed by atoms with Crippen molar-refractivity contribution in [1.82, 2.24) is 15.1 Å². The van der Waals surface area contributed by atoms with E-state index in [0.29, 0.717) is 50.7 Å². The summed E-state index contributed by atoms with van der Waals surface area (Å²) in [6.07, 6.45) is 2.90. The minimum absolute atomic E-state index is 0.0456. The molecule has 3 amide bonds. The Kier molecular flexibility index (Phi) is 6.55. The van der Waals surface area contributed by atoms with E-state index in [-0.39, 0.29) is 11.9 Å². The first kappa shape index (κ1) is 19.5. The first-order chi connectivity index (χ1) is 13.0. The van der Waals surface area contributed by atoms with Crippen LogP contribution in [-0.2, 0) is 14.4 Å². The van der Waals surface area contributed by atoms with Gasteiger partial charge in [0, 0.05) is 43.7 Å². The average Bonchev–Trinajstić information content (AvgIpc) is 3.50. The van der Waals surface area contributed by atoms with E-state index in [1.165, 1.54) is 4.90 Å². The van der Waals surface area contributed by atoms with Crippen molar-refractivity contribution >= 4 is 29.3 Å². The van der Waals surface area contributed by atoms with Crippen LogP contribution in [0.15, 0.2) is 24.3 Å². The Morgan fingerprint density at radius 1 is 1.04 bits per heavy atom. The molecule has 0 bridgehead atoms. The van der Waals surface area contributed by atoms with Crippen LogP contribution in [0.1, 0.15) is 25.7 Å². The summed E-state index contributed by atoms with van der Waals surface area (Å²) in [4.78, 5) is 39.5. The molecule has 1 heterocycles. The zero-order valence-electron chi connectivity index (χ0n) is 15.2. The summed E-state index contributed by atoms with van der Waals surface area (Å²) in [5, 5.41) is 3.36. The zero-order valence-corrected chi connectivity index (χ0v) is 15.9. The average molecular weight is 394 g/mol. The number of rotatable bonds is 6. The van der Waals surface area contributed by atoms with Crippen LogP contribution >= 0.6 is 11.6 Å². The summed E-state index contributed by atoms with van der Waals surface area (Å²) in [7, 11) is 0. The second-order valence-electron chi connectivity index (χ2n) is 6.83. The van der Waals surface area contributed by atoms with Crippen molar-refractivity contribution in [2.75, 3.05) is 32.8 Å². The number of benzene rings is 1. The summed E-state index contributed by atoms with van der Waals surface area (Å²) in [5.41, 5.74) is 0. The van der Waals surface area contributed by atoms with Gasteiger partial charge < -0.3 is 19.9 Å². The van der Waals surface area contributed by atoms with Gasteiger partial charge in [0.2, 0.25) is 5.91 Å². The van der Waals surface area contributed by atoms with Crippen molar-refractivity contribution in [3.05, 3.63) is 29.3 Å². The molecular formula is C19H24ClN3O4. The third-order valence-corrected chi connectivity index (χ3v) is 4.90. The van der Waals surface area contributed by atoms with Crippen molar-refractivity contribution in [1.29, 1.82) is 0 Å². The Morgan fingerprint density at radius 2 is 1.67 bits per heavy atom. The van der Waals surface area contributed by atoms with E-state index >= 15 is 0 Å². The highest BCUT2D eigenvalue weighted by Gasteiger charge is 2.31. The Labute approximate surface area is 163 Å². The maximum Gasteiger partial charge on any atom is 0.312 e. The molecule has 1 aromatic carbocycles. The lowest BCUT2D eigenvalue weighted by Crippen LogP contribution is -2.54. The van der Waals surface area contributed by atoms with Crippen LogP contribution in [0, 0.1) is 0 Å². The number of ether oxygens (including phenoxy) is 1. The fraction of sp³-hybridized carbons (Fsp3) is 0.526. The maximum atomic E-state index is 12.3. The SMILES string of the molecule is O=C(NC1CC1)C(=O)N1CCN(C(=O)CCCOc2ccc(Cl)cc2)CC1. The number of hydrogen-bond donors (Lipinski definition) is 1. The molecule has 1 saturated heterocycles. The smallest absolute Gasteiger partial charge is 0.312 e. The van der Waals surface area contributed by atoms with E-state index < -0.39 is 11.8 Å². The van der Waals surface area contributed by atoms with Gasteiger partial charge in [0.05, 0.1) is 6.61 Å². The van der Waals surface area contributed by atoms with Crippen LogP contribution in [0.5, 0.6) is 5.75 Å². The quantitative estimate of drug-likeness (QED) is 0.586. The van der Waals surface area contributed by atoms with E-state index in [1.807, 2.05) is 0 Å². The highest BCUT2D eigenvalue weighted by molar-refractivity contribution is 6.35. The van der Waals surface area contributed by atoms with Crippen LogP contribution in [-0.4, -0.2) is 66.3 Å². The molecule has 27 heavy (non-hydrogen) atoms. The number of carbonyl (C=O) groups is 3. The molecule has 1 aliphatic carbocycles. The molecule has 1 aromatic rings.